The summed E-state index contributed by atoms with van der Waals surface area (Å²) in [5.74, 6) is -0.0705. The minimum absolute atomic E-state index is 0.0268. The Morgan fingerprint density at radius 2 is 1.83 bits per heavy atom. The molecule has 0 aliphatic heterocycles. The molecule has 0 fully saturated rings. The van der Waals surface area contributed by atoms with E-state index in [1.165, 1.54) is 0 Å². The van der Waals surface area contributed by atoms with Gasteiger partial charge in [0.1, 0.15) is 0 Å². The lowest BCUT2D eigenvalue weighted by atomic mass is 10.2. The van der Waals surface area contributed by atoms with Crippen LogP contribution in [-0.4, -0.2) is 24.4 Å². The van der Waals surface area contributed by atoms with Gasteiger partial charge in [-0.25, -0.2) is 0 Å². The predicted octanol–water partition coefficient (Wildman–Crippen LogP) is 1.72. The molecule has 1 rings (SSSR count). The van der Waals surface area contributed by atoms with Gasteiger partial charge in [-0.3, -0.25) is 9.59 Å². The summed E-state index contributed by atoms with van der Waals surface area (Å²) < 4.78 is 0. The van der Waals surface area contributed by atoms with Crippen LogP contribution < -0.4 is 10.6 Å². The Balaban J connectivity index is 2.19. The van der Waals surface area contributed by atoms with E-state index in [0.717, 1.165) is 0 Å². The number of nitrogens with one attached hydrogen (secondary N) is 2. The van der Waals surface area contributed by atoms with Crippen LogP contribution in [-0.2, 0) is 4.79 Å². The monoisotopic (exact) mass is 248 g/mol. The second-order valence-corrected chi connectivity index (χ2v) is 4.45. The maximum atomic E-state index is 11.7. The lowest BCUT2D eigenvalue weighted by Crippen LogP contribution is -2.31. The lowest BCUT2D eigenvalue weighted by molar-refractivity contribution is -0.121. The summed E-state index contributed by atoms with van der Waals surface area (Å²) in [6, 6.07) is 9.21. The summed E-state index contributed by atoms with van der Waals surface area (Å²) in [6.07, 6.45) is 1.09. The van der Waals surface area contributed by atoms with Gasteiger partial charge >= 0.3 is 0 Å². The first-order chi connectivity index (χ1) is 8.59. The molecule has 0 bridgehead atoms. The zero-order valence-corrected chi connectivity index (χ0v) is 10.9. The third-order valence-corrected chi connectivity index (χ3v) is 2.35. The summed E-state index contributed by atoms with van der Waals surface area (Å²) in [4.78, 5) is 23.0. The van der Waals surface area contributed by atoms with Crippen molar-refractivity contribution in [2.24, 2.45) is 0 Å². The molecule has 0 aromatic heterocycles. The standard InChI is InChI=1S/C14H20N2O2/c1-11(2)16-13(17)9-6-10-15-14(18)12-7-4-3-5-8-12/h3-5,7-8,11H,6,9-10H2,1-2H3,(H,15,18)(H,16,17). The third kappa shape index (κ3) is 5.48. The second-order valence-electron chi connectivity index (χ2n) is 4.45. The van der Waals surface area contributed by atoms with Gasteiger partial charge in [-0.1, -0.05) is 18.2 Å². The molecule has 1 aromatic carbocycles. The van der Waals surface area contributed by atoms with Gasteiger partial charge in [-0.15, -0.1) is 0 Å². The Kier molecular flexibility index (Phi) is 5.91. The first kappa shape index (κ1) is 14.2. The molecule has 98 valence electrons. The average molecular weight is 248 g/mol. The maximum absolute atomic E-state index is 11.7. The fourth-order valence-corrected chi connectivity index (χ4v) is 1.54. The minimum atomic E-state index is -0.0973. The molecule has 0 heterocycles. The van der Waals surface area contributed by atoms with Gasteiger partial charge in [-0.05, 0) is 32.4 Å². The molecule has 0 aliphatic carbocycles. The van der Waals surface area contributed by atoms with Gasteiger partial charge in [0.25, 0.3) is 5.91 Å². The van der Waals surface area contributed by atoms with Gasteiger partial charge < -0.3 is 10.6 Å². The van der Waals surface area contributed by atoms with E-state index in [9.17, 15) is 9.59 Å². The van der Waals surface area contributed by atoms with Gasteiger partial charge in [0.2, 0.25) is 5.91 Å². The highest BCUT2D eigenvalue weighted by Crippen LogP contribution is 1.98. The van der Waals surface area contributed by atoms with Gasteiger partial charge in [0.05, 0.1) is 0 Å². The van der Waals surface area contributed by atoms with E-state index in [1.807, 2.05) is 32.0 Å². The molecular weight excluding hydrogens is 228 g/mol. The van der Waals surface area contributed by atoms with Crippen LogP contribution >= 0.6 is 0 Å². The van der Waals surface area contributed by atoms with E-state index >= 15 is 0 Å². The van der Waals surface area contributed by atoms with Crippen LogP contribution in [0.5, 0.6) is 0 Å². The van der Waals surface area contributed by atoms with Crippen LogP contribution in [0.3, 0.4) is 0 Å². The summed E-state index contributed by atoms with van der Waals surface area (Å²) in [5.41, 5.74) is 0.643. The highest BCUT2D eigenvalue weighted by molar-refractivity contribution is 5.94. The molecule has 0 radical (unpaired) electrons. The molecule has 0 aliphatic rings. The van der Waals surface area contributed by atoms with E-state index in [1.54, 1.807) is 12.1 Å². The van der Waals surface area contributed by atoms with Crippen molar-refractivity contribution in [2.75, 3.05) is 6.54 Å². The molecule has 1 aromatic rings. The van der Waals surface area contributed by atoms with E-state index < -0.39 is 0 Å². The number of benzene rings is 1. The van der Waals surface area contributed by atoms with Gasteiger partial charge in [0, 0.05) is 24.6 Å². The first-order valence-electron chi connectivity index (χ1n) is 6.22. The van der Waals surface area contributed by atoms with E-state index in [4.69, 9.17) is 0 Å². The molecule has 2 N–H and O–H groups in total. The number of hydrogen-bond donors (Lipinski definition) is 2. The normalized spacial score (nSPS) is 10.2. The molecular formula is C14H20N2O2. The van der Waals surface area contributed by atoms with Crippen LogP contribution in [0.2, 0.25) is 0 Å². The summed E-state index contributed by atoms with van der Waals surface area (Å²) in [5, 5.41) is 5.60. The van der Waals surface area contributed by atoms with Crippen molar-refractivity contribution in [3.05, 3.63) is 35.9 Å². The number of carbonyl (C=O) groups is 2. The molecule has 0 unspecified atom stereocenters. The van der Waals surface area contributed by atoms with Crippen molar-refractivity contribution in [1.29, 1.82) is 0 Å². The predicted molar refractivity (Wildman–Crippen MR) is 71.3 cm³/mol. The largest absolute Gasteiger partial charge is 0.354 e. The van der Waals surface area contributed by atoms with Crippen molar-refractivity contribution in [1.82, 2.24) is 10.6 Å². The lowest BCUT2D eigenvalue weighted by Gasteiger charge is -2.08. The topological polar surface area (TPSA) is 58.2 Å². The van der Waals surface area contributed by atoms with Crippen molar-refractivity contribution in [3.8, 4) is 0 Å². The van der Waals surface area contributed by atoms with Gasteiger partial charge in [0.15, 0.2) is 0 Å². The highest BCUT2D eigenvalue weighted by Gasteiger charge is 2.05. The van der Waals surface area contributed by atoms with Crippen LogP contribution in [0.15, 0.2) is 30.3 Å². The number of carbonyl (C=O) groups excluding carboxylic acids is 2. The summed E-state index contributed by atoms with van der Waals surface area (Å²) in [7, 11) is 0. The van der Waals surface area contributed by atoms with Gasteiger partial charge in [-0.2, -0.15) is 0 Å². The van der Waals surface area contributed by atoms with Crippen LogP contribution in [0, 0.1) is 0 Å². The summed E-state index contributed by atoms with van der Waals surface area (Å²) in [6.45, 7) is 4.36. The SMILES string of the molecule is CC(C)NC(=O)CCCNC(=O)c1ccccc1. The van der Waals surface area contributed by atoms with Crippen molar-refractivity contribution < 1.29 is 9.59 Å². The van der Waals surface area contributed by atoms with Crippen molar-refractivity contribution in [2.45, 2.75) is 32.7 Å². The quantitative estimate of drug-likeness (QED) is 0.753. The van der Waals surface area contributed by atoms with E-state index in [2.05, 4.69) is 10.6 Å². The van der Waals surface area contributed by atoms with Crippen LogP contribution in [0.1, 0.15) is 37.0 Å². The number of hydrogen-bond acceptors (Lipinski definition) is 2. The molecule has 18 heavy (non-hydrogen) atoms. The molecule has 4 nitrogen and oxygen atoms in total. The fraction of sp³-hybridized carbons (Fsp3) is 0.429. The Bertz CT molecular complexity index is 388. The third-order valence-electron chi connectivity index (χ3n) is 2.35. The molecule has 0 atom stereocenters. The van der Waals surface area contributed by atoms with Crippen LogP contribution in [0.25, 0.3) is 0 Å². The number of amides is 2. The average Bonchev–Trinajstić information content (AvgIpc) is 2.34. The Morgan fingerprint density at radius 3 is 2.44 bits per heavy atom. The molecule has 2 amide bonds. The molecule has 0 saturated heterocycles. The first-order valence-corrected chi connectivity index (χ1v) is 6.22. The smallest absolute Gasteiger partial charge is 0.251 e. The van der Waals surface area contributed by atoms with Crippen molar-refractivity contribution >= 4 is 11.8 Å². The maximum Gasteiger partial charge on any atom is 0.251 e. The van der Waals surface area contributed by atoms with Crippen molar-refractivity contribution in [3.63, 3.8) is 0 Å². The molecule has 4 heteroatoms. The van der Waals surface area contributed by atoms with Crippen LogP contribution in [0.4, 0.5) is 0 Å². The molecule has 0 saturated carbocycles. The van der Waals surface area contributed by atoms with E-state index in [0.29, 0.717) is 24.9 Å². The Morgan fingerprint density at radius 1 is 1.17 bits per heavy atom. The zero-order chi connectivity index (χ0) is 13.4. The number of rotatable bonds is 6. The second kappa shape index (κ2) is 7.48. The van der Waals surface area contributed by atoms with E-state index in [-0.39, 0.29) is 17.9 Å². The Labute approximate surface area is 108 Å². The Hall–Kier alpha value is -1.84. The fourth-order valence-electron chi connectivity index (χ4n) is 1.54. The minimum Gasteiger partial charge on any atom is -0.354 e. The molecule has 0 spiro atoms. The summed E-state index contributed by atoms with van der Waals surface area (Å²) >= 11 is 0. The zero-order valence-electron chi connectivity index (χ0n) is 10.9. The highest BCUT2D eigenvalue weighted by atomic mass is 16.2.